The Labute approximate surface area is 119 Å². The van der Waals surface area contributed by atoms with Crippen molar-refractivity contribution in [3.8, 4) is 0 Å². The lowest BCUT2D eigenvalue weighted by Gasteiger charge is -2.22. The van der Waals surface area contributed by atoms with Gasteiger partial charge in [0.1, 0.15) is 0 Å². The molecule has 0 saturated heterocycles. The van der Waals surface area contributed by atoms with Gasteiger partial charge in [-0.25, -0.2) is 4.79 Å². The summed E-state index contributed by atoms with van der Waals surface area (Å²) in [5.41, 5.74) is 2.12. The van der Waals surface area contributed by atoms with Gasteiger partial charge in [-0.1, -0.05) is 13.8 Å². The first-order valence-corrected chi connectivity index (χ1v) is 7.04. The van der Waals surface area contributed by atoms with Gasteiger partial charge in [-0.15, -0.1) is 0 Å². The van der Waals surface area contributed by atoms with Crippen molar-refractivity contribution in [3.05, 3.63) is 27.4 Å². The van der Waals surface area contributed by atoms with Gasteiger partial charge < -0.3 is 5.11 Å². The third-order valence-corrected chi connectivity index (χ3v) is 3.55. The van der Waals surface area contributed by atoms with Crippen molar-refractivity contribution in [3.63, 3.8) is 0 Å². The number of rotatable bonds is 6. The molecule has 0 radical (unpaired) electrons. The summed E-state index contributed by atoms with van der Waals surface area (Å²) in [7, 11) is 0. The fourth-order valence-corrected chi connectivity index (χ4v) is 2.72. The molecule has 1 aromatic heterocycles. The summed E-state index contributed by atoms with van der Waals surface area (Å²) in [5, 5.41) is 8.82. The highest BCUT2D eigenvalue weighted by Crippen LogP contribution is 2.20. The Morgan fingerprint density at radius 3 is 2.40 bits per heavy atom. The summed E-state index contributed by atoms with van der Waals surface area (Å²) in [6, 6.07) is 0.0687. The minimum absolute atomic E-state index is 0.0557. The van der Waals surface area contributed by atoms with Crippen LogP contribution in [0, 0.1) is 19.8 Å². The van der Waals surface area contributed by atoms with Gasteiger partial charge in [-0.2, -0.15) is 4.98 Å². The molecule has 0 fully saturated rings. The fraction of sp³-hybridized carbons (Fsp3) is 0.667. The molecule has 1 N–H and O–H groups in total. The number of nitrogens with zero attached hydrogens (tertiary/aromatic N) is 2. The highest BCUT2D eigenvalue weighted by atomic mass is 16.4. The molecule has 0 aliphatic rings. The minimum Gasteiger partial charge on any atom is -0.481 e. The van der Waals surface area contributed by atoms with Crippen molar-refractivity contribution >= 4 is 5.97 Å². The number of hydrogen-bond donors (Lipinski definition) is 1. The number of carboxylic acids is 1. The van der Waals surface area contributed by atoms with Crippen LogP contribution in [0.4, 0.5) is 0 Å². The molecule has 1 unspecified atom stereocenters. The molecule has 1 atom stereocenters. The largest absolute Gasteiger partial charge is 0.481 e. The summed E-state index contributed by atoms with van der Waals surface area (Å²) in [4.78, 5) is 26.9. The molecule has 1 rings (SSSR count). The minimum atomic E-state index is -0.836. The number of hydrogen-bond acceptors (Lipinski definition) is 3. The van der Waals surface area contributed by atoms with Crippen LogP contribution in [0.2, 0.25) is 0 Å². The van der Waals surface area contributed by atoms with Crippen molar-refractivity contribution in [2.24, 2.45) is 5.92 Å². The molecule has 0 saturated carbocycles. The number of carboxylic acid groups (broad SMARTS) is 1. The lowest BCUT2D eigenvalue weighted by atomic mass is 10.0. The van der Waals surface area contributed by atoms with E-state index in [1.807, 2.05) is 13.8 Å². The van der Waals surface area contributed by atoms with Gasteiger partial charge in [-0.3, -0.25) is 9.36 Å². The highest BCUT2D eigenvalue weighted by Gasteiger charge is 2.17. The fourth-order valence-electron chi connectivity index (χ4n) is 2.72. The van der Waals surface area contributed by atoms with Crippen molar-refractivity contribution in [2.45, 2.75) is 59.9 Å². The third kappa shape index (κ3) is 3.92. The van der Waals surface area contributed by atoms with Crippen molar-refractivity contribution in [1.29, 1.82) is 0 Å². The summed E-state index contributed by atoms with van der Waals surface area (Å²) in [6.07, 6.45) is 1.36. The first-order valence-electron chi connectivity index (χ1n) is 7.04. The number of aryl methyl sites for hydroxylation is 1. The summed E-state index contributed by atoms with van der Waals surface area (Å²) < 4.78 is 1.70. The zero-order valence-corrected chi connectivity index (χ0v) is 12.9. The van der Waals surface area contributed by atoms with Crippen LogP contribution in [0.25, 0.3) is 0 Å². The van der Waals surface area contributed by atoms with Gasteiger partial charge in [0.2, 0.25) is 0 Å². The number of aliphatic carboxylic acids is 1. The van der Waals surface area contributed by atoms with Crippen LogP contribution < -0.4 is 5.69 Å². The summed E-state index contributed by atoms with van der Waals surface area (Å²) in [6.45, 7) is 9.88. The van der Waals surface area contributed by atoms with Gasteiger partial charge in [0, 0.05) is 23.9 Å². The van der Waals surface area contributed by atoms with E-state index in [9.17, 15) is 9.59 Å². The first kappa shape index (κ1) is 16.4. The summed E-state index contributed by atoms with van der Waals surface area (Å²) in [5.74, 6) is -0.350. The number of carbonyl (C=O) groups is 1. The highest BCUT2D eigenvalue weighted by molar-refractivity contribution is 5.67. The molecular weight excluding hydrogens is 256 g/mol. The van der Waals surface area contributed by atoms with Crippen molar-refractivity contribution in [2.75, 3.05) is 0 Å². The maximum Gasteiger partial charge on any atom is 0.348 e. The Hall–Kier alpha value is -1.65. The van der Waals surface area contributed by atoms with Crippen LogP contribution in [0.15, 0.2) is 4.79 Å². The SMILES string of the molecule is Cc1nc(=O)n(C(C)CC(C)C)c(C)c1CCC(=O)O. The van der Waals surface area contributed by atoms with E-state index in [1.165, 1.54) is 0 Å². The van der Waals surface area contributed by atoms with E-state index >= 15 is 0 Å². The van der Waals surface area contributed by atoms with Crippen LogP contribution in [-0.4, -0.2) is 20.6 Å². The van der Waals surface area contributed by atoms with Crippen LogP contribution in [0.3, 0.4) is 0 Å². The first-order chi connectivity index (χ1) is 9.23. The molecule has 0 aliphatic carbocycles. The predicted molar refractivity (Wildman–Crippen MR) is 78.1 cm³/mol. The maximum absolute atomic E-state index is 12.1. The average molecular weight is 280 g/mol. The molecule has 5 nitrogen and oxygen atoms in total. The van der Waals surface area contributed by atoms with Crippen LogP contribution in [0.5, 0.6) is 0 Å². The topological polar surface area (TPSA) is 72.2 Å². The second-order valence-electron chi connectivity index (χ2n) is 5.79. The van der Waals surface area contributed by atoms with Gasteiger partial charge in [0.15, 0.2) is 0 Å². The molecule has 0 spiro atoms. The van der Waals surface area contributed by atoms with Gasteiger partial charge >= 0.3 is 11.7 Å². The molecule has 0 aromatic carbocycles. The zero-order chi connectivity index (χ0) is 15.4. The van der Waals surface area contributed by atoms with E-state index in [2.05, 4.69) is 18.8 Å². The average Bonchev–Trinajstić information content (AvgIpc) is 2.26. The molecule has 0 amide bonds. The summed E-state index contributed by atoms with van der Waals surface area (Å²) >= 11 is 0. The lowest BCUT2D eigenvalue weighted by Crippen LogP contribution is -2.31. The molecule has 0 bridgehead atoms. The molecule has 20 heavy (non-hydrogen) atoms. The van der Waals surface area contributed by atoms with Crippen LogP contribution in [0.1, 0.15) is 56.6 Å². The number of aromatic nitrogens is 2. The van der Waals surface area contributed by atoms with Gasteiger partial charge in [0.05, 0.1) is 0 Å². The molecular formula is C15H24N2O3. The van der Waals surface area contributed by atoms with E-state index in [-0.39, 0.29) is 18.2 Å². The van der Waals surface area contributed by atoms with Crippen molar-refractivity contribution < 1.29 is 9.90 Å². The van der Waals surface area contributed by atoms with Crippen LogP contribution >= 0.6 is 0 Å². The normalized spacial score (nSPS) is 12.7. The zero-order valence-electron chi connectivity index (χ0n) is 12.9. The van der Waals surface area contributed by atoms with E-state index in [1.54, 1.807) is 11.5 Å². The predicted octanol–water partition coefficient (Wildman–Crippen LogP) is 2.48. The Morgan fingerprint density at radius 2 is 1.90 bits per heavy atom. The van der Waals surface area contributed by atoms with Crippen molar-refractivity contribution in [1.82, 2.24) is 9.55 Å². The van der Waals surface area contributed by atoms with E-state index in [0.717, 1.165) is 17.7 Å². The molecule has 0 aliphatic heterocycles. The quantitative estimate of drug-likeness (QED) is 0.869. The van der Waals surface area contributed by atoms with Crippen LogP contribution in [-0.2, 0) is 11.2 Å². The second-order valence-corrected chi connectivity index (χ2v) is 5.79. The Balaban J connectivity index is 3.21. The molecule has 1 aromatic rings. The maximum atomic E-state index is 12.1. The second kappa shape index (κ2) is 6.68. The Morgan fingerprint density at radius 1 is 1.30 bits per heavy atom. The molecule has 112 valence electrons. The Kier molecular flexibility index (Phi) is 5.48. The monoisotopic (exact) mass is 280 g/mol. The van der Waals surface area contributed by atoms with Gasteiger partial charge in [0.25, 0.3) is 0 Å². The lowest BCUT2D eigenvalue weighted by molar-refractivity contribution is -0.136. The van der Waals surface area contributed by atoms with E-state index in [4.69, 9.17) is 5.11 Å². The Bertz CT molecular complexity index is 547. The molecule has 5 heteroatoms. The van der Waals surface area contributed by atoms with E-state index < -0.39 is 5.97 Å². The van der Waals surface area contributed by atoms with Gasteiger partial charge in [-0.05, 0) is 45.1 Å². The smallest absolute Gasteiger partial charge is 0.348 e. The standard InChI is InChI=1S/C15H24N2O3/c1-9(2)8-10(3)17-12(5)13(6-7-14(18)19)11(4)16-15(17)20/h9-10H,6-8H2,1-5H3,(H,18,19). The van der Waals surface area contributed by atoms with E-state index in [0.29, 0.717) is 18.0 Å². The third-order valence-electron chi connectivity index (χ3n) is 3.55. The molecule has 1 heterocycles.